The average molecular weight is 352 g/mol. The number of carbonyl (C=O) groups excluding carboxylic acids is 2. The van der Waals surface area contributed by atoms with Gasteiger partial charge >= 0.3 is 11.9 Å². The summed E-state index contributed by atoms with van der Waals surface area (Å²) in [6.45, 7) is 8.97. The summed E-state index contributed by atoms with van der Waals surface area (Å²) in [5.74, 6) is -0.839. The van der Waals surface area contributed by atoms with E-state index in [0.29, 0.717) is 12.0 Å². The van der Waals surface area contributed by atoms with E-state index in [4.69, 9.17) is 19.2 Å². The molecule has 0 aromatic rings. The molecule has 2 unspecified atom stereocenters. The quantitative estimate of drug-likeness (QED) is 0.150. The zero-order valence-electron chi connectivity index (χ0n) is 15.0. The van der Waals surface area contributed by atoms with E-state index in [-0.39, 0.29) is 37.8 Å². The summed E-state index contributed by atoms with van der Waals surface area (Å²) in [5.41, 5.74) is -0.417. The Hall–Kier alpha value is -1.66. The molecule has 2 atom stereocenters. The second-order valence-electron chi connectivity index (χ2n) is 6.87. The minimum atomic E-state index is -0.727. The second-order valence-corrected chi connectivity index (χ2v) is 6.87. The molecule has 2 rings (SSSR count). The van der Waals surface area contributed by atoms with Gasteiger partial charge in [-0.15, -0.1) is 6.58 Å². The molecule has 0 spiro atoms. The molecule has 0 bridgehead atoms. The van der Waals surface area contributed by atoms with Crippen molar-refractivity contribution in [2.45, 2.75) is 51.6 Å². The van der Waals surface area contributed by atoms with Crippen LogP contribution in [0.3, 0.4) is 0 Å². The van der Waals surface area contributed by atoms with Gasteiger partial charge in [-0.2, -0.15) is 0 Å². The van der Waals surface area contributed by atoms with Gasteiger partial charge in [-0.1, -0.05) is 31.9 Å². The number of esters is 2. The molecule has 6 nitrogen and oxygen atoms in total. The van der Waals surface area contributed by atoms with Crippen molar-refractivity contribution in [2.24, 2.45) is 11.3 Å². The van der Waals surface area contributed by atoms with Crippen LogP contribution in [0.15, 0.2) is 24.8 Å². The molecule has 0 heterocycles. The van der Waals surface area contributed by atoms with Crippen molar-refractivity contribution in [3.8, 4) is 0 Å². The molecule has 0 aliphatic heterocycles. The summed E-state index contributed by atoms with van der Waals surface area (Å²) >= 11 is 0. The Bertz CT molecular complexity index is 508. The number of carbonyl (C=O) groups is 2. The van der Waals surface area contributed by atoms with Crippen LogP contribution < -0.4 is 0 Å². The first-order chi connectivity index (χ1) is 12.0. The number of hydrogen-bond donors (Lipinski definition) is 0. The monoisotopic (exact) mass is 352 g/mol. The summed E-state index contributed by atoms with van der Waals surface area (Å²) < 4.78 is 10.2. The number of allylic oxidation sites excluding steroid dienone is 1. The molecule has 0 N–H and O–H groups in total. The van der Waals surface area contributed by atoms with E-state index < -0.39 is 11.4 Å². The van der Waals surface area contributed by atoms with Crippen molar-refractivity contribution in [2.75, 3.05) is 19.8 Å². The van der Waals surface area contributed by atoms with Gasteiger partial charge in [0, 0.05) is 5.57 Å². The molecule has 2 aliphatic carbocycles. The molecule has 25 heavy (non-hydrogen) atoms. The Morgan fingerprint density at radius 2 is 1.84 bits per heavy atom. The molecule has 0 aromatic carbocycles. The number of hydrogen-bond acceptors (Lipinski definition) is 6. The van der Waals surface area contributed by atoms with Gasteiger partial charge in [0.05, 0.1) is 12.7 Å². The van der Waals surface area contributed by atoms with Gasteiger partial charge in [0.1, 0.15) is 18.6 Å². The predicted octanol–water partition coefficient (Wildman–Crippen LogP) is 3.12. The molecule has 2 saturated carbocycles. The van der Waals surface area contributed by atoms with E-state index in [1.54, 1.807) is 13.0 Å². The summed E-state index contributed by atoms with van der Waals surface area (Å²) in [6.07, 6.45) is 8.03. The predicted molar refractivity (Wildman–Crippen MR) is 91.4 cm³/mol. The van der Waals surface area contributed by atoms with Crippen LogP contribution in [0.4, 0.5) is 0 Å². The van der Waals surface area contributed by atoms with Crippen LogP contribution in [-0.2, 0) is 28.8 Å². The molecule has 0 saturated heterocycles. The van der Waals surface area contributed by atoms with Crippen LogP contribution >= 0.6 is 0 Å². The van der Waals surface area contributed by atoms with E-state index in [2.05, 4.69) is 13.2 Å². The highest BCUT2D eigenvalue weighted by atomic mass is 17.2. The van der Waals surface area contributed by atoms with Crippen LogP contribution in [-0.4, -0.2) is 37.9 Å². The van der Waals surface area contributed by atoms with Crippen LogP contribution in [0.25, 0.3) is 0 Å². The largest absolute Gasteiger partial charge is 0.462 e. The van der Waals surface area contributed by atoms with Crippen molar-refractivity contribution >= 4 is 11.9 Å². The Morgan fingerprint density at radius 1 is 1.16 bits per heavy atom. The molecule has 140 valence electrons. The van der Waals surface area contributed by atoms with E-state index in [1.807, 2.05) is 0 Å². The highest BCUT2D eigenvalue weighted by Crippen LogP contribution is 2.54. The standard InChI is InChI=1S/C19H28O6/c1-4-15-12-19(15,13-24-25-16-8-6-5-7-9-16)18(21)23-11-10-22-17(20)14(2)3/h4,15-16H,1-2,5-13H2,3H3. The summed E-state index contributed by atoms with van der Waals surface area (Å²) in [7, 11) is 0. The lowest BCUT2D eigenvalue weighted by Gasteiger charge is -2.22. The Balaban J connectivity index is 1.72. The highest BCUT2D eigenvalue weighted by molar-refractivity contribution is 5.87. The van der Waals surface area contributed by atoms with E-state index >= 15 is 0 Å². The summed E-state index contributed by atoms with van der Waals surface area (Å²) in [4.78, 5) is 34.5. The van der Waals surface area contributed by atoms with E-state index in [9.17, 15) is 9.59 Å². The van der Waals surface area contributed by atoms with Crippen molar-refractivity contribution in [1.82, 2.24) is 0 Å². The lowest BCUT2D eigenvalue weighted by molar-refractivity contribution is -0.335. The molecule has 2 aliphatic rings. The smallest absolute Gasteiger partial charge is 0.333 e. The maximum absolute atomic E-state index is 12.4. The average Bonchev–Trinajstić information content (AvgIpc) is 3.34. The molecule has 2 fully saturated rings. The molecule has 0 aromatic heterocycles. The van der Waals surface area contributed by atoms with Crippen LogP contribution in [0.1, 0.15) is 45.4 Å². The second kappa shape index (κ2) is 9.15. The molecular formula is C19H28O6. The minimum absolute atomic E-state index is 0.00566. The van der Waals surface area contributed by atoms with Gasteiger partial charge in [-0.05, 0) is 32.1 Å². The summed E-state index contributed by atoms with van der Waals surface area (Å²) in [6, 6.07) is 0. The van der Waals surface area contributed by atoms with Gasteiger partial charge in [0.15, 0.2) is 0 Å². The zero-order valence-corrected chi connectivity index (χ0v) is 15.0. The van der Waals surface area contributed by atoms with E-state index in [0.717, 1.165) is 25.7 Å². The maximum Gasteiger partial charge on any atom is 0.333 e. The fourth-order valence-corrected chi connectivity index (χ4v) is 3.03. The highest BCUT2D eigenvalue weighted by Gasteiger charge is 2.60. The third-order valence-electron chi connectivity index (χ3n) is 4.80. The normalized spacial score (nSPS) is 25.9. The Morgan fingerprint density at radius 3 is 2.44 bits per heavy atom. The van der Waals surface area contributed by atoms with Crippen LogP contribution in [0.2, 0.25) is 0 Å². The SMILES string of the molecule is C=CC1CC1(COOC1CCCCC1)C(=O)OCCOC(=O)C(=C)C. The first-order valence-corrected chi connectivity index (χ1v) is 8.90. The first kappa shape index (κ1) is 19.7. The number of rotatable bonds is 10. The lowest BCUT2D eigenvalue weighted by Crippen LogP contribution is -2.29. The molecule has 6 heteroatoms. The lowest BCUT2D eigenvalue weighted by atomic mass is 9.98. The third-order valence-corrected chi connectivity index (χ3v) is 4.80. The fourth-order valence-electron chi connectivity index (χ4n) is 3.03. The van der Waals surface area contributed by atoms with Gasteiger partial charge in [0.2, 0.25) is 0 Å². The van der Waals surface area contributed by atoms with Gasteiger partial charge in [-0.3, -0.25) is 4.79 Å². The molecule has 0 radical (unpaired) electrons. The topological polar surface area (TPSA) is 71.1 Å². The maximum atomic E-state index is 12.4. The summed E-state index contributed by atoms with van der Waals surface area (Å²) in [5, 5.41) is 0. The van der Waals surface area contributed by atoms with Crippen molar-refractivity contribution in [3.05, 3.63) is 24.8 Å². The first-order valence-electron chi connectivity index (χ1n) is 8.90. The molecule has 0 amide bonds. The zero-order chi connectivity index (χ0) is 18.3. The van der Waals surface area contributed by atoms with Crippen molar-refractivity contribution < 1.29 is 28.8 Å². The van der Waals surface area contributed by atoms with Crippen LogP contribution in [0.5, 0.6) is 0 Å². The van der Waals surface area contributed by atoms with Crippen molar-refractivity contribution in [3.63, 3.8) is 0 Å². The van der Waals surface area contributed by atoms with E-state index in [1.165, 1.54) is 6.42 Å². The number of ether oxygens (including phenoxy) is 2. The van der Waals surface area contributed by atoms with Gasteiger partial charge in [-0.25, -0.2) is 14.6 Å². The minimum Gasteiger partial charge on any atom is -0.462 e. The Labute approximate surface area is 149 Å². The fraction of sp³-hybridized carbons (Fsp3) is 0.684. The van der Waals surface area contributed by atoms with Crippen molar-refractivity contribution in [1.29, 1.82) is 0 Å². The van der Waals surface area contributed by atoms with Gasteiger partial charge < -0.3 is 9.47 Å². The van der Waals surface area contributed by atoms with Gasteiger partial charge in [0.25, 0.3) is 0 Å². The van der Waals surface area contributed by atoms with Crippen LogP contribution in [0, 0.1) is 11.3 Å². The molecular weight excluding hydrogens is 324 g/mol. The third kappa shape index (κ3) is 5.41. The Kier molecular flexibility index (Phi) is 7.20.